The first-order valence-electron chi connectivity index (χ1n) is 7.82. The van der Waals surface area contributed by atoms with Gasteiger partial charge in [-0.2, -0.15) is 0 Å². The van der Waals surface area contributed by atoms with Crippen molar-refractivity contribution >= 4 is 11.1 Å². The van der Waals surface area contributed by atoms with Crippen LogP contribution in [0.4, 0.5) is 4.39 Å². The fourth-order valence-electron chi connectivity index (χ4n) is 3.00. The molecule has 0 amide bonds. The van der Waals surface area contributed by atoms with Gasteiger partial charge in [-0.15, -0.1) is 0 Å². The summed E-state index contributed by atoms with van der Waals surface area (Å²) < 4.78 is 18.8. The first-order chi connectivity index (χ1) is 10.7. The van der Waals surface area contributed by atoms with E-state index in [0.29, 0.717) is 23.5 Å². The largest absolute Gasteiger partial charge is 0.439 e. The van der Waals surface area contributed by atoms with Crippen LogP contribution in [0, 0.1) is 5.82 Å². The fourth-order valence-corrected chi connectivity index (χ4v) is 3.00. The summed E-state index contributed by atoms with van der Waals surface area (Å²) in [6.45, 7) is 6.67. The number of rotatable bonds is 5. The Morgan fingerprint density at radius 1 is 1.32 bits per heavy atom. The van der Waals surface area contributed by atoms with Crippen LogP contribution in [0.3, 0.4) is 0 Å². The van der Waals surface area contributed by atoms with E-state index < -0.39 is 0 Å². The Labute approximate surface area is 129 Å². The molecule has 1 aliphatic heterocycles. The molecule has 1 fully saturated rings. The lowest BCUT2D eigenvalue weighted by Gasteiger charge is -2.37. The maximum Gasteiger partial charge on any atom is 0.209 e. The Bertz CT molecular complexity index is 619. The molecule has 0 radical (unpaired) electrons. The zero-order valence-electron chi connectivity index (χ0n) is 12.8. The van der Waals surface area contributed by atoms with Gasteiger partial charge in [-0.3, -0.25) is 9.80 Å². The Kier molecular flexibility index (Phi) is 4.71. The third kappa shape index (κ3) is 3.29. The van der Waals surface area contributed by atoms with Crippen LogP contribution in [0.1, 0.15) is 19.2 Å². The van der Waals surface area contributed by atoms with Crippen LogP contribution in [-0.2, 0) is 6.54 Å². The highest BCUT2D eigenvalue weighted by atomic mass is 19.1. The van der Waals surface area contributed by atoms with Crippen molar-refractivity contribution in [2.75, 3.05) is 32.8 Å². The monoisotopic (exact) mass is 307 g/mol. The van der Waals surface area contributed by atoms with Crippen LogP contribution in [0.15, 0.2) is 22.6 Å². The number of fused-ring (bicyclic) bond motifs is 1. The highest BCUT2D eigenvalue weighted by Crippen LogP contribution is 2.18. The fraction of sp³-hybridized carbons (Fsp3) is 0.562. The van der Waals surface area contributed by atoms with Crippen molar-refractivity contribution in [2.45, 2.75) is 25.9 Å². The van der Waals surface area contributed by atoms with Crippen molar-refractivity contribution in [2.24, 2.45) is 0 Å². The van der Waals surface area contributed by atoms with Crippen LogP contribution in [-0.4, -0.2) is 58.7 Å². The first kappa shape index (κ1) is 15.4. The molecule has 1 saturated heterocycles. The summed E-state index contributed by atoms with van der Waals surface area (Å²) in [7, 11) is 0. The molecule has 1 unspecified atom stereocenters. The molecule has 0 bridgehead atoms. The van der Waals surface area contributed by atoms with E-state index in [9.17, 15) is 9.50 Å². The molecule has 120 valence electrons. The third-order valence-electron chi connectivity index (χ3n) is 4.36. The van der Waals surface area contributed by atoms with E-state index in [1.54, 1.807) is 6.07 Å². The minimum atomic E-state index is -0.296. The van der Waals surface area contributed by atoms with E-state index in [1.807, 2.05) is 0 Å². The molecular formula is C16H22FN3O2. The van der Waals surface area contributed by atoms with Gasteiger partial charge >= 0.3 is 0 Å². The molecule has 0 saturated carbocycles. The summed E-state index contributed by atoms with van der Waals surface area (Å²) in [5.74, 6) is 0.332. The number of aliphatic hydroxyl groups is 1. The number of halogens is 1. The van der Waals surface area contributed by atoms with E-state index in [4.69, 9.17) is 4.42 Å². The van der Waals surface area contributed by atoms with E-state index in [0.717, 1.165) is 32.6 Å². The molecule has 6 heteroatoms. The SMILES string of the molecule is CCC(CO)N1CCN(Cc2nc3cc(F)ccc3o2)CC1. The summed E-state index contributed by atoms with van der Waals surface area (Å²) in [5.41, 5.74) is 1.20. The number of piperazine rings is 1. The molecule has 22 heavy (non-hydrogen) atoms. The summed E-state index contributed by atoms with van der Waals surface area (Å²) in [6.07, 6.45) is 0.965. The second-order valence-corrected chi connectivity index (χ2v) is 5.78. The summed E-state index contributed by atoms with van der Waals surface area (Å²) in [5, 5.41) is 9.37. The molecule has 1 N–H and O–H groups in total. The Morgan fingerprint density at radius 2 is 2.09 bits per heavy atom. The van der Waals surface area contributed by atoms with E-state index in [-0.39, 0.29) is 18.5 Å². The van der Waals surface area contributed by atoms with E-state index in [2.05, 4.69) is 21.7 Å². The Hall–Kier alpha value is -1.50. The molecule has 1 aliphatic rings. The minimum absolute atomic E-state index is 0.215. The molecular weight excluding hydrogens is 285 g/mol. The van der Waals surface area contributed by atoms with Crippen molar-refractivity contribution in [3.63, 3.8) is 0 Å². The second-order valence-electron chi connectivity index (χ2n) is 5.78. The van der Waals surface area contributed by atoms with Crippen molar-refractivity contribution in [3.05, 3.63) is 29.9 Å². The number of benzene rings is 1. The smallest absolute Gasteiger partial charge is 0.209 e. The number of hydrogen-bond donors (Lipinski definition) is 1. The van der Waals surface area contributed by atoms with Crippen LogP contribution < -0.4 is 0 Å². The highest BCUT2D eigenvalue weighted by molar-refractivity contribution is 5.72. The second kappa shape index (κ2) is 6.73. The van der Waals surface area contributed by atoms with Gasteiger partial charge in [-0.25, -0.2) is 9.37 Å². The van der Waals surface area contributed by atoms with E-state index >= 15 is 0 Å². The third-order valence-corrected chi connectivity index (χ3v) is 4.36. The predicted molar refractivity (Wildman–Crippen MR) is 82.0 cm³/mol. The number of aromatic nitrogens is 1. The Morgan fingerprint density at radius 3 is 2.77 bits per heavy atom. The van der Waals surface area contributed by atoms with Gasteiger partial charge < -0.3 is 9.52 Å². The average Bonchev–Trinajstić information content (AvgIpc) is 2.91. The van der Waals surface area contributed by atoms with Crippen LogP contribution in [0.5, 0.6) is 0 Å². The number of hydrogen-bond acceptors (Lipinski definition) is 5. The maximum atomic E-state index is 13.2. The molecule has 2 aromatic rings. The standard InChI is InChI=1S/C16H22FN3O2/c1-2-13(11-21)20-7-5-19(6-8-20)10-16-18-14-9-12(17)3-4-15(14)22-16/h3-4,9,13,21H,2,5-8,10-11H2,1H3. The zero-order valence-corrected chi connectivity index (χ0v) is 12.8. The van der Waals surface area contributed by atoms with Crippen molar-refractivity contribution in [1.82, 2.24) is 14.8 Å². The topological polar surface area (TPSA) is 52.7 Å². The lowest BCUT2D eigenvalue weighted by atomic mass is 10.1. The van der Waals surface area contributed by atoms with Crippen molar-refractivity contribution in [3.8, 4) is 0 Å². The summed E-state index contributed by atoms with van der Waals surface area (Å²) in [4.78, 5) is 8.96. The Balaban J connectivity index is 1.60. The van der Waals surface area contributed by atoms with Crippen LogP contribution in [0.25, 0.3) is 11.1 Å². The van der Waals surface area contributed by atoms with Gasteiger partial charge in [0.15, 0.2) is 5.58 Å². The molecule has 1 aromatic carbocycles. The van der Waals surface area contributed by atoms with E-state index in [1.165, 1.54) is 12.1 Å². The van der Waals surface area contributed by atoms with Gasteiger partial charge in [-0.05, 0) is 18.6 Å². The van der Waals surface area contributed by atoms with Gasteiger partial charge in [0, 0.05) is 38.3 Å². The molecule has 0 spiro atoms. The van der Waals surface area contributed by atoms with Crippen molar-refractivity contribution in [1.29, 1.82) is 0 Å². The lowest BCUT2D eigenvalue weighted by molar-refractivity contribution is 0.0578. The molecule has 5 nitrogen and oxygen atoms in total. The predicted octanol–water partition coefficient (Wildman–Crippen LogP) is 1.86. The summed E-state index contributed by atoms with van der Waals surface area (Å²) in [6, 6.07) is 4.66. The normalized spacial score (nSPS) is 18.9. The van der Waals surface area contributed by atoms with Crippen LogP contribution >= 0.6 is 0 Å². The van der Waals surface area contributed by atoms with Gasteiger partial charge in [0.1, 0.15) is 11.3 Å². The van der Waals surface area contributed by atoms with Crippen molar-refractivity contribution < 1.29 is 13.9 Å². The number of nitrogens with zero attached hydrogens (tertiary/aromatic N) is 3. The molecule has 2 heterocycles. The molecule has 1 aromatic heterocycles. The zero-order chi connectivity index (χ0) is 15.5. The van der Waals surface area contributed by atoms with Gasteiger partial charge in [0.05, 0.1) is 13.2 Å². The van der Waals surface area contributed by atoms with Crippen LogP contribution in [0.2, 0.25) is 0 Å². The maximum absolute atomic E-state index is 13.2. The molecule has 3 rings (SSSR count). The highest BCUT2D eigenvalue weighted by Gasteiger charge is 2.23. The molecule has 0 aliphatic carbocycles. The van der Waals surface area contributed by atoms with Gasteiger partial charge in [-0.1, -0.05) is 6.92 Å². The molecule has 1 atom stereocenters. The average molecular weight is 307 g/mol. The number of aliphatic hydroxyl groups excluding tert-OH is 1. The summed E-state index contributed by atoms with van der Waals surface area (Å²) >= 11 is 0. The number of oxazole rings is 1. The van der Waals surface area contributed by atoms with Gasteiger partial charge in [0.2, 0.25) is 5.89 Å². The minimum Gasteiger partial charge on any atom is -0.439 e. The first-order valence-corrected chi connectivity index (χ1v) is 7.82. The lowest BCUT2D eigenvalue weighted by Crippen LogP contribution is -2.50. The quantitative estimate of drug-likeness (QED) is 0.914. The van der Waals surface area contributed by atoms with Gasteiger partial charge in [0.25, 0.3) is 0 Å².